The fourth-order valence-electron chi connectivity index (χ4n) is 15.7. The Morgan fingerprint density at radius 2 is 1.04 bits per heavy atom. The Morgan fingerprint density at radius 1 is 0.564 bits per heavy atom. The third-order valence-corrected chi connectivity index (χ3v) is 20.8. The fraction of sp³-hybridized carbons (Fsp3) is 0.963. The van der Waals surface area contributed by atoms with Crippen LogP contribution >= 0.6 is 0 Å². The lowest BCUT2D eigenvalue weighted by atomic mass is 9.38. The van der Waals surface area contributed by atoms with Crippen molar-refractivity contribution < 1.29 is 120 Å². The Labute approximate surface area is 455 Å². The summed E-state index contributed by atoms with van der Waals surface area (Å²) >= 11 is 0. The molecule has 24 heteroatoms. The molecule has 0 aromatic rings. The Morgan fingerprint density at radius 3 is 1.58 bits per heavy atom. The summed E-state index contributed by atoms with van der Waals surface area (Å²) in [5.74, 6) is 0.236. The highest BCUT2D eigenvalue weighted by molar-refractivity contribution is 5.32. The highest BCUT2D eigenvalue weighted by Gasteiger charge is 2.70. The molecule has 0 radical (unpaired) electrons. The van der Waals surface area contributed by atoms with Crippen LogP contribution in [0.2, 0.25) is 0 Å². The second-order valence-electron chi connectivity index (χ2n) is 25.8. The molecule has 452 valence electrons. The molecular formula is C54H92O24. The molecule has 78 heavy (non-hydrogen) atoms. The van der Waals surface area contributed by atoms with Gasteiger partial charge >= 0.3 is 0 Å². The maximum atomic E-state index is 12.7. The number of aliphatic hydroxyl groups excluding tert-OH is 15. The quantitative estimate of drug-likeness (QED) is 0.0637. The van der Waals surface area contributed by atoms with Crippen LogP contribution < -0.4 is 0 Å². The normalized spacial score (nSPS) is 51.4. The number of allylic oxidation sites excluding steroid dienone is 1. The number of hydrogen-bond donors (Lipinski definition) is 16. The van der Waals surface area contributed by atoms with E-state index in [-0.39, 0.29) is 40.9 Å². The van der Waals surface area contributed by atoms with E-state index in [1.807, 2.05) is 0 Å². The van der Waals surface area contributed by atoms with Crippen LogP contribution in [0.1, 0.15) is 107 Å². The van der Waals surface area contributed by atoms with Gasteiger partial charge in [-0.05, 0) is 99.7 Å². The van der Waals surface area contributed by atoms with E-state index < -0.39 is 184 Å². The van der Waals surface area contributed by atoms with Gasteiger partial charge in [-0.1, -0.05) is 53.2 Å². The molecule has 0 bridgehead atoms. The summed E-state index contributed by atoms with van der Waals surface area (Å²) in [6.07, 6.45) is -27.1. The molecule has 0 aromatic heterocycles. The second-order valence-corrected chi connectivity index (χ2v) is 25.8. The topological polar surface area (TPSA) is 398 Å². The molecule has 8 rings (SSSR count). The molecule has 0 spiro atoms. The van der Waals surface area contributed by atoms with Crippen molar-refractivity contribution in [3.05, 3.63) is 11.6 Å². The molecule has 4 aliphatic heterocycles. The van der Waals surface area contributed by atoms with Gasteiger partial charge in [0, 0.05) is 10.8 Å². The van der Waals surface area contributed by atoms with Crippen LogP contribution in [-0.4, -0.2) is 255 Å². The Hall–Kier alpha value is -1.22. The summed E-state index contributed by atoms with van der Waals surface area (Å²) < 4.78 is 47.6. The van der Waals surface area contributed by atoms with Gasteiger partial charge in [-0.3, -0.25) is 0 Å². The Bertz CT molecular complexity index is 2020. The summed E-state index contributed by atoms with van der Waals surface area (Å²) in [5.41, 5.74) is -2.12. The van der Waals surface area contributed by atoms with Gasteiger partial charge < -0.3 is 120 Å². The summed E-state index contributed by atoms with van der Waals surface area (Å²) in [4.78, 5) is 0. The molecule has 16 N–H and O–H groups in total. The van der Waals surface area contributed by atoms with Crippen molar-refractivity contribution >= 4 is 0 Å². The largest absolute Gasteiger partial charge is 0.394 e. The zero-order valence-electron chi connectivity index (χ0n) is 46.1. The van der Waals surface area contributed by atoms with Crippen LogP contribution in [0.25, 0.3) is 0 Å². The van der Waals surface area contributed by atoms with Crippen molar-refractivity contribution in [2.24, 2.45) is 45.3 Å². The molecule has 0 aromatic carbocycles. The van der Waals surface area contributed by atoms with Crippen molar-refractivity contribution in [3.8, 4) is 0 Å². The van der Waals surface area contributed by atoms with Gasteiger partial charge in [-0.25, -0.2) is 0 Å². The molecule has 8 aliphatic rings. The van der Waals surface area contributed by atoms with Gasteiger partial charge in [0.2, 0.25) is 0 Å². The van der Waals surface area contributed by atoms with Crippen LogP contribution in [0.3, 0.4) is 0 Å². The lowest BCUT2D eigenvalue weighted by Gasteiger charge is -2.67. The minimum atomic E-state index is -1.85. The zero-order valence-corrected chi connectivity index (χ0v) is 46.1. The number of fused-ring (bicyclic) bond motifs is 5. The predicted molar refractivity (Wildman–Crippen MR) is 268 cm³/mol. The van der Waals surface area contributed by atoms with Crippen molar-refractivity contribution in [1.29, 1.82) is 0 Å². The predicted octanol–water partition coefficient (Wildman–Crippen LogP) is -3.23. The SMILES string of the molecule is C[C@H](CC[C@@H](O[C@@H]1O[C@H](CO)[C@@H](O)[C@H](O)[C@H]1O[C@@H]1O[C@H](CO)[C@@H](O)[C@H](O)[C@H]1O)C(C)(C)O)C1CC[C@@]2(C)C3CC=C4C(CC[C@H](O[C@@H]5O[C@H](CO)[C@@H](O[C@@H]6O[C@H](CO)[C@@H](O)[C@H](O)[C@H]6O)[C@H](O)[C@H]5O)C4(C)C)[C@]3(C)[C@H](O)C[C@]12C. The van der Waals surface area contributed by atoms with Crippen LogP contribution in [0.5, 0.6) is 0 Å². The molecule has 7 fully saturated rings. The van der Waals surface area contributed by atoms with Crippen molar-refractivity contribution in [2.75, 3.05) is 26.4 Å². The summed E-state index contributed by atoms with van der Waals surface area (Å²) in [5, 5.41) is 172. The maximum absolute atomic E-state index is 12.7. The van der Waals surface area contributed by atoms with Crippen molar-refractivity contribution in [3.63, 3.8) is 0 Å². The lowest BCUT2D eigenvalue weighted by molar-refractivity contribution is -0.375. The number of hydrogen-bond acceptors (Lipinski definition) is 24. The third kappa shape index (κ3) is 10.8. The molecule has 24 nitrogen and oxygen atoms in total. The van der Waals surface area contributed by atoms with Crippen LogP contribution in [0.4, 0.5) is 0 Å². The van der Waals surface area contributed by atoms with E-state index in [9.17, 15) is 81.7 Å². The average Bonchev–Trinajstić information content (AvgIpc) is 3.07. The molecule has 4 aliphatic carbocycles. The van der Waals surface area contributed by atoms with E-state index in [1.165, 1.54) is 0 Å². The summed E-state index contributed by atoms with van der Waals surface area (Å²) in [6, 6.07) is 0. The van der Waals surface area contributed by atoms with E-state index in [1.54, 1.807) is 13.8 Å². The zero-order chi connectivity index (χ0) is 57.5. The van der Waals surface area contributed by atoms with E-state index in [0.29, 0.717) is 32.1 Å². The van der Waals surface area contributed by atoms with Gasteiger partial charge in [0.15, 0.2) is 25.2 Å². The lowest BCUT2D eigenvalue weighted by Crippen LogP contribution is -2.66. The molecular weight excluding hydrogens is 1030 g/mol. The van der Waals surface area contributed by atoms with Crippen LogP contribution in [-0.2, 0) is 37.9 Å². The van der Waals surface area contributed by atoms with E-state index in [0.717, 1.165) is 18.4 Å². The molecule has 0 amide bonds. The van der Waals surface area contributed by atoms with E-state index in [4.69, 9.17) is 37.9 Å². The summed E-state index contributed by atoms with van der Waals surface area (Å²) in [7, 11) is 0. The smallest absolute Gasteiger partial charge is 0.187 e. The van der Waals surface area contributed by atoms with Gasteiger partial charge in [0.25, 0.3) is 0 Å². The minimum absolute atomic E-state index is 0.0338. The standard InChI is InChI=1S/C54H92O24/c1-22(9-13-33(51(4,5)70)76-49-45(39(65)36(62)28(20-57)73-49)78-48-42(68)38(64)35(61)27(19-56)72-48)23-15-16-52(6)30-12-10-24-25(54(30,8)31(59)17-53(23,52)7)11-14-32(50(24,2)3)75-46-43(69)40(66)44(29(21-58)74-46)77-47-41(67)37(63)34(60)26(18-55)71-47/h10,22-23,25-49,55-70H,9,11-21H2,1-8H3/t22-,23?,25?,26-,27-,28-,29-,30?,31-,32+,33-,34-,35-,36-,37+,38+,39+,40-,41-,42-,43-,44-,45-,46+,47+,48+,49+,52+,53-,54+/m1/s1. The first-order chi connectivity index (χ1) is 36.5. The third-order valence-electron chi connectivity index (χ3n) is 20.8. The molecule has 30 atom stereocenters. The van der Waals surface area contributed by atoms with Gasteiger partial charge in [0.05, 0.1) is 50.3 Å². The molecule has 3 saturated carbocycles. The molecule has 4 heterocycles. The van der Waals surface area contributed by atoms with Crippen molar-refractivity contribution in [2.45, 2.75) is 253 Å². The second kappa shape index (κ2) is 23.7. The number of aliphatic hydroxyl groups is 16. The van der Waals surface area contributed by atoms with Gasteiger partial charge in [-0.2, -0.15) is 0 Å². The van der Waals surface area contributed by atoms with Gasteiger partial charge in [0.1, 0.15) is 97.7 Å². The Kier molecular flexibility index (Phi) is 19.1. The number of ether oxygens (including phenoxy) is 8. The summed E-state index contributed by atoms with van der Waals surface area (Å²) in [6.45, 7) is 13.4. The first-order valence-electron chi connectivity index (χ1n) is 28.0. The molecule has 3 unspecified atom stereocenters. The monoisotopic (exact) mass is 1120 g/mol. The first kappa shape index (κ1) is 62.8. The minimum Gasteiger partial charge on any atom is -0.394 e. The Balaban J connectivity index is 0.942. The number of rotatable bonds is 17. The van der Waals surface area contributed by atoms with Crippen LogP contribution in [0.15, 0.2) is 11.6 Å². The highest BCUT2D eigenvalue weighted by Crippen LogP contribution is 2.75. The van der Waals surface area contributed by atoms with Gasteiger partial charge in [-0.15, -0.1) is 0 Å². The highest BCUT2D eigenvalue weighted by atomic mass is 16.8. The van der Waals surface area contributed by atoms with E-state index in [2.05, 4.69) is 47.6 Å². The van der Waals surface area contributed by atoms with Crippen LogP contribution in [0, 0.1) is 45.3 Å². The maximum Gasteiger partial charge on any atom is 0.187 e. The van der Waals surface area contributed by atoms with E-state index >= 15 is 0 Å². The average molecular weight is 1130 g/mol. The first-order valence-corrected chi connectivity index (χ1v) is 28.0. The fourth-order valence-corrected chi connectivity index (χ4v) is 15.7. The molecule has 4 saturated heterocycles. The van der Waals surface area contributed by atoms with Crippen molar-refractivity contribution in [1.82, 2.24) is 0 Å².